The van der Waals surface area contributed by atoms with Gasteiger partial charge in [0, 0.05) is 14.1 Å². The van der Waals surface area contributed by atoms with E-state index >= 15 is 0 Å². The summed E-state index contributed by atoms with van der Waals surface area (Å²) < 4.78 is 0. The van der Waals surface area contributed by atoms with Crippen LogP contribution in [-0.2, 0) is 0 Å². The average Bonchev–Trinajstić information content (AvgIpc) is 2.08. The largest absolute Gasteiger partial charge is 0.301 e. The van der Waals surface area contributed by atoms with E-state index in [2.05, 4.69) is 9.98 Å². The molecule has 0 aromatic carbocycles. The summed E-state index contributed by atoms with van der Waals surface area (Å²) in [7, 11) is 3.50. The maximum atomic E-state index is 3.61. The molecule has 0 aromatic heterocycles. The summed E-state index contributed by atoms with van der Waals surface area (Å²) in [6.45, 7) is 7.78. The van der Waals surface area contributed by atoms with Crippen LogP contribution in [0.3, 0.4) is 0 Å². The minimum Gasteiger partial charge on any atom is -0.301 e. The third-order valence-electron chi connectivity index (χ3n) is 0.516. The van der Waals surface area contributed by atoms with Crippen molar-refractivity contribution in [1.29, 1.82) is 0 Å². The Morgan fingerprint density at radius 3 is 0.900 bits per heavy atom. The summed E-state index contributed by atoms with van der Waals surface area (Å²) in [5.41, 5.74) is 0. The standard InChI is InChI=1S/2C3H7N.C2H6/c2*1-3-4-2;1-2/h2*3H,1-2H3;1-2H3. The molecule has 0 N–H and O–H groups in total. The molecule has 62 valence electrons. The SMILES string of the molecule is CC.CC=NC.CC=NC. The molecule has 0 spiro atoms. The van der Waals surface area contributed by atoms with Crippen LogP contribution in [0.2, 0.25) is 0 Å². The fraction of sp³-hybridized carbons (Fsp3) is 0.750. The lowest BCUT2D eigenvalue weighted by Gasteiger charge is -1.53. The Morgan fingerprint density at radius 1 is 0.800 bits per heavy atom. The smallest absolute Gasteiger partial charge is 0.0273 e. The summed E-state index contributed by atoms with van der Waals surface area (Å²) in [6, 6.07) is 0. The molecule has 0 saturated carbocycles. The summed E-state index contributed by atoms with van der Waals surface area (Å²) in [6.07, 6.45) is 3.50. The normalized spacial score (nSPS) is 8.20. The first kappa shape index (κ1) is 16.2. The van der Waals surface area contributed by atoms with Crippen molar-refractivity contribution >= 4 is 12.4 Å². The van der Waals surface area contributed by atoms with Gasteiger partial charge in [-0.15, -0.1) is 0 Å². The fourth-order valence-corrected chi connectivity index (χ4v) is 0. The van der Waals surface area contributed by atoms with Gasteiger partial charge in [0.15, 0.2) is 0 Å². The summed E-state index contributed by atoms with van der Waals surface area (Å²) in [5.74, 6) is 0. The van der Waals surface area contributed by atoms with E-state index in [-0.39, 0.29) is 0 Å². The molecule has 0 unspecified atom stereocenters. The Kier molecular flexibility index (Phi) is 65.1. The molecule has 0 aliphatic carbocycles. The monoisotopic (exact) mass is 144 g/mol. The zero-order valence-electron chi connectivity index (χ0n) is 8.05. The first-order valence-corrected chi connectivity index (χ1v) is 3.57. The van der Waals surface area contributed by atoms with Gasteiger partial charge >= 0.3 is 0 Å². The van der Waals surface area contributed by atoms with E-state index in [9.17, 15) is 0 Å². The van der Waals surface area contributed by atoms with Gasteiger partial charge in [-0.25, -0.2) is 0 Å². The van der Waals surface area contributed by atoms with Crippen molar-refractivity contribution in [3.8, 4) is 0 Å². The van der Waals surface area contributed by atoms with E-state index in [0.29, 0.717) is 0 Å². The van der Waals surface area contributed by atoms with Crippen molar-refractivity contribution in [2.24, 2.45) is 9.98 Å². The van der Waals surface area contributed by atoms with Gasteiger partial charge in [-0.2, -0.15) is 0 Å². The van der Waals surface area contributed by atoms with E-state index in [1.165, 1.54) is 0 Å². The highest BCUT2D eigenvalue weighted by molar-refractivity contribution is 5.52. The van der Waals surface area contributed by atoms with Crippen LogP contribution < -0.4 is 0 Å². The van der Waals surface area contributed by atoms with E-state index in [1.807, 2.05) is 27.7 Å². The predicted molar refractivity (Wildman–Crippen MR) is 51.5 cm³/mol. The van der Waals surface area contributed by atoms with E-state index in [0.717, 1.165) is 0 Å². The van der Waals surface area contributed by atoms with Gasteiger partial charge in [0.25, 0.3) is 0 Å². The molecule has 0 radical (unpaired) electrons. The van der Waals surface area contributed by atoms with Crippen LogP contribution in [0.15, 0.2) is 9.98 Å². The summed E-state index contributed by atoms with van der Waals surface area (Å²) in [4.78, 5) is 7.22. The number of hydrogen-bond acceptors (Lipinski definition) is 2. The minimum absolute atomic E-state index is 1.75. The van der Waals surface area contributed by atoms with Crippen molar-refractivity contribution in [2.45, 2.75) is 27.7 Å². The van der Waals surface area contributed by atoms with Crippen LogP contribution in [0, 0.1) is 0 Å². The van der Waals surface area contributed by atoms with Crippen LogP contribution >= 0.6 is 0 Å². The highest BCUT2D eigenvalue weighted by atomic mass is 14.6. The molecule has 2 nitrogen and oxygen atoms in total. The van der Waals surface area contributed by atoms with Crippen LogP contribution in [0.5, 0.6) is 0 Å². The highest BCUT2D eigenvalue weighted by Gasteiger charge is 1.33. The number of aliphatic imine (C=N–C) groups is 2. The average molecular weight is 144 g/mol. The summed E-state index contributed by atoms with van der Waals surface area (Å²) in [5, 5.41) is 0. The van der Waals surface area contributed by atoms with Crippen molar-refractivity contribution in [3.05, 3.63) is 0 Å². The van der Waals surface area contributed by atoms with E-state index in [1.54, 1.807) is 26.5 Å². The highest BCUT2D eigenvalue weighted by Crippen LogP contribution is 1.39. The summed E-state index contributed by atoms with van der Waals surface area (Å²) >= 11 is 0. The maximum absolute atomic E-state index is 3.61. The Bertz CT molecular complexity index is 47.7. The van der Waals surface area contributed by atoms with Crippen molar-refractivity contribution < 1.29 is 0 Å². The lowest BCUT2D eigenvalue weighted by molar-refractivity contribution is 1.46. The van der Waals surface area contributed by atoms with Gasteiger partial charge < -0.3 is 9.98 Å². The molecule has 0 atom stereocenters. The van der Waals surface area contributed by atoms with Crippen LogP contribution in [0.1, 0.15) is 27.7 Å². The molecule has 0 fully saturated rings. The fourth-order valence-electron chi connectivity index (χ4n) is 0. The van der Waals surface area contributed by atoms with Gasteiger partial charge in [0.05, 0.1) is 0 Å². The molecule has 0 aromatic rings. The van der Waals surface area contributed by atoms with Crippen molar-refractivity contribution in [1.82, 2.24) is 0 Å². The second-order valence-electron chi connectivity index (χ2n) is 1.03. The minimum atomic E-state index is 1.75. The molecule has 0 heterocycles. The Morgan fingerprint density at radius 2 is 0.900 bits per heavy atom. The lowest BCUT2D eigenvalue weighted by atomic mass is 10.9. The Hall–Kier alpha value is -0.660. The second kappa shape index (κ2) is 40.3. The molecule has 0 bridgehead atoms. The molecule has 0 rings (SSSR count). The topological polar surface area (TPSA) is 24.7 Å². The Balaban J connectivity index is -0.0000000787. The maximum Gasteiger partial charge on any atom is 0.0273 e. The van der Waals surface area contributed by atoms with Crippen molar-refractivity contribution in [3.63, 3.8) is 0 Å². The van der Waals surface area contributed by atoms with E-state index in [4.69, 9.17) is 0 Å². The molecule has 10 heavy (non-hydrogen) atoms. The quantitative estimate of drug-likeness (QED) is 0.466. The number of nitrogens with zero attached hydrogens (tertiary/aromatic N) is 2. The molecular weight excluding hydrogens is 124 g/mol. The van der Waals surface area contributed by atoms with Gasteiger partial charge in [-0.05, 0) is 26.3 Å². The molecular formula is C8H20N2. The number of hydrogen-bond donors (Lipinski definition) is 0. The third-order valence-corrected chi connectivity index (χ3v) is 0.516. The first-order chi connectivity index (χ1) is 4.83. The molecule has 0 amide bonds. The second-order valence-corrected chi connectivity index (χ2v) is 1.03. The zero-order valence-corrected chi connectivity index (χ0v) is 8.05. The molecule has 2 heteroatoms. The lowest BCUT2D eigenvalue weighted by Crippen LogP contribution is -1.47. The van der Waals surface area contributed by atoms with Gasteiger partial charge in [0.2, 0.25) is 0 Å². The van der Waals surface area contributed by atoms with Crippen LogP contribution in [0.4, 0.5) is 0 Å². The van der Waals surface area contributed by atoms with Crippen molar-refractivity contribution in [2.75, 3.05) is 14.1 Å². The van der Waals surface area contributed by atoms with E-state index < -0.39 is 0 Å². The first-order valence-electron chi connectivity index (χ1n) is 3.57. The van der Waals surface area contributed by atoms with Gasteiger partial charge in [0.1, 0.15) is 0 Å². The Labute approximate surface area is 65.1 Å². The van der Waals surface area contributed by atoms with Crippen LogP contribution in [-0.4, -0.2) is 26.5 Å². The molecule has 0 aliphatic heterocycles. The van der Waals surface area contributed by atoms with Gasteiger partial charge in [-0.3, -0.25) is 0 Å². The number of rotatable bonds is 0. The predicted octanol–water partition coefficient (Wildman–Crippen LogP) is 2.44. The van der Waals surface area contributed by atoms with Crippen LogP contribution in [0.25, 0.3) is 0 Å². The molecule has 0 aliphatic rings. The zero-order chi connectivity index (χ0) is 8.83. The molecule has 0 saturated heterocycles. The third kappa shape index (κ3) is 164. The van der Waals surface area contributed by atoms with Gasteiger partial charge in [-0.1, -0.05) is 13.8 Å².